The van der Waals surface area contributed by atoms with Crippen LogP contribution in [0.1, 0.15) is 96.3 Å². The highest BCUT2D eigenvalue weighted by atomic mass is 127. The fraction of sp³-hybridized carbons (Fsp3) is 1.00. The summed E-state index contributed by atoms with van der Waals surface area (Å²) in [6.45, 7) is 0. The number of nitrogens with two attached hydrogens (primary N) is 3. The molecule has 0 aromatic rings. The van der Waals surface area contributed by atoms with E-state index in [0.29, 0.717) is 0 Å². The zero-order valence-electron chi connectivity index (χ0n) is 18.2. The first kappa shape index (κ1) is 33.7. The molecular weight excluding hydrogens is 675 g/mol. The predicted octanol–water partition coefficient (Wildman–Crippen LogP) is -7.45. The van der Waals surface area contributed by atoms with Gasteiger partial charge >= 0.3 is 0 Å². The van der Waals surface area contributed by atoms with Gasteiger partial charge in [0.15, 0.2) is 0 Å². The van der Waals surface area contributed by atoms with Gasteiger partial charge in [-0.3, -0.25) is 0 Å². The Balaban J connectivity index is -0.000000303. The van der Waals surface area contributed by atoms with Gasteiger partial charge in [0.25, 0.3) is 0 Å². The van der Waals surface area contributed by atoms with Gasteiger partial charge in [-0.25, -0.2) is 0 Å². The van der Waals surface area contributed by atoms with Crippen molar-refractivity contribution < 1.29 is 87.9 Å². The molecule has 0 aliphatic heterocycles. The minimum Gasteiger partial charge on any atom is -1.00 e. The molecule has 0 saturated heterocycles. The molecule has 3 aliphatic rings. The van der Waals surface area contributed by atoms with Crippen molar-refractivity contribution in [1.82, 2.24) is 0 Å². The monoisotopic (exact) mass is 723 g/mol. The number of hydrogen-bond acceptors (Lipinski definition) is 0. The lowest BCUT2D eigenvalue weighted by Gasteiger charge is -2.17. The van der Waals surface area contributed by atoms with Crippen molar-refractivity contribution in [2.75, 3.05) is 21.1 Å². The van der Waals surface area contributed by atoms with Crippen LogP contribution >= 0.6 is 0 Å². The zero-order chi connectivity index (χ0) is 17.5. The summed E-state index contributed by atoms with van der Waals surface area (Å²) in [6.07, 6.45) is 22.0. The molecule has 0 amide bonds. The molecule has 0 unspecified atom stereocenters. The fourth-order valence-electron chi connectivity index (χ4n) is 4.40. The highest BCUT2D eigenvalue weighted by Crippen LogP contribution is 2.15. The third-order valence-electron chi connectivity index (χ3n) is 6.36. The number of rotatable bonds is 3. The molecule has 0 aromatic heterocycles. The van der Waals surface area contributed by atoms with E-state index in [4.69, 9.17) is 0 Å². The maximum Gasteiger partial charge on any atom is 0.0857 e. The van der Waals surface area contributed by atoms with Gasteiger partial charge in [0, 0.05) is 0 Å². The van der Waals surface area contributed by atoms with Crippen LogP contribution in [0.3, 0.4) is 0 Å². The topological polar surface area (TPSA) is 49.8 Å². The lowest BCUT2D eigenvalue weighted by atomic mass is 9.96. The van der Waals surface area contributed by atoms with E-state index in [0.717, 1.165) is 18.1 Å². The first-order valence-electron chi connectivity index (χ1n) is 11.2. The van der Waals surface area contributed by atoms with Gasteiger partial charge in [-0.15, -0.1) is 0 Å². The summed E-state index contributed by atoms with van der Waals surface area (Å²) in [4.78, 5) is 0. The Kier molecular flexibility index (Phi) is 30.4. The molecule has 3 fully saturated rings. The third-order valence-corrected chi connectivity index (χ3v) is 6.36. The minimum absolute atomic E-state index is 0. The summed E-state index contributed by atoms with van der Waals surface area (Å²) in [7, 11) is 6.57. The minimum atomic E-state index is 0. The Labute approximate surface area is 221 Å². The molecule has 0 atom stereocenters. The summed E-state index contributed by atoms with van der Waals surface area (Å²) in [5.74, 6) is 0. The lowest BCUT2D eigenvalue weighted by molar-refractivity contribution is -0.666. The maximum absolute atomic E-state index is 2.36. The Morgan fingerprint density at radius 3 is 0.667 bits per heavy atom. The molecule has 3 nitrogen and oxygen atoms in total. The standard InChI is InChI=1S/3C7H15N.3HI/c3*1-8-7-5-3-2-4-6-7;;;/h3*7-8H,2-6H2,1H3;3*1H. The normalized spacial score (nSPS) is 21.0. The fourth-order valence-corrected chi connectivity index (χ4v) is 4.40. The van der Waals surface area contributed by atoms with Crippen molar-refractivity contribution in [3.63, 3.8) is 0 Å². The first-order valence-corrected chi connectivity index (χ1v) is 11.2. The molecule has 0 radical (unpaired) electrons. The van der Waals surface area contributed by atoms with Crippen LogP contribution in [-0.2, 0) is 0 Å². The second-order valence-electron chi connectivity index (χ2n) is 8.19. The van der Waals surface area contributed by atoms with Crippen LogP contribution in [0.25, 0.3) is 0 Å². The molecule has 3 aliphatic carbocycles. The molecule has 0 bridgehead atoms. The largest absolute Gasteiger partial charge is 1.00 e. The average Bonchev–Trinajstić information content (AvgIpc) is 2.71. The molecule has 3 saturated carbocycles. The van der Waals surface area contributed by atoms with E-state index in [-0.39, 0.29) is 71.9 Å². The third kappa shape index (κ3) is 18.5. The molecule has 3 rings (SSSR count). The Morgan fingerprint density at radius 2 is 0.556 bits per heavy atom. The van der Waals surface area contributed by atoms with Crippen molar-refractivity contribution in [2.45, 2.75) is 114 Å². The highest BCUT2D eigenvalue weighted by Gasteiger charge is 2.14. The van der Waals surface area contributed by atoms with Crippen LogP contribution in [0.4, 0.5) is 0 Å². The number of halogens is 3. The van der Waals surface area contributed by atoms with E-state index in [1.807, 2.05) is 0 Å². The Hall–Kier alpha value is 2.07. The van der Waals surface area contributed by atoms with Crippen molar-refractivity contribution in [2.24, 2.45) is 0 Å². The van der Waals surface area contributed by atoms with Crippen LogP contribution < -0.4 is 87.9 Å². The zero-order valence-corrected chi connectivity index (χ0v) is 24.7. The number of quaternary nitrogens is 3. The molecule has 168 valence electrons. The first-order chi connectivity index (χ1) is 11.8. The van der Waals surface area contributed by atoms with Crippen LogP contribution in [0.5, 0.6) is 0 Å². The predicted molar refractivity (Wildman–Crippen MR) is 104 cm³/mol. The SMILES string of the molecule is C[NH2+]C1CCCCC1.C[NH2+]C1CCCCC1.C[NH2+]C1CCCCC1.[I-].[I-].[I-]. The van der Waals surface area contributed by atoms with E-state index in [2.05, 4.69) is 37.1 Å². The molecule has 0 aromatic carbocycles. The number of hydrogen-bond donors (Lipinski definition) is 3. The van der Waals surface area contributed by atoms with Gasteiger partial charge in [-0.1, -0.05) is 19.3 Å². The second kappa shape index (κ2) is 24.3. The highest BCUT2D eigenvalue weighted by molar-refractivity contribution is 4.62. The average molecular weight is 723 g/mol. The van der Waals surface area contributed by atoms with Gasteiger partial charge in [0.05, 0.1) is 39.3 Å². The van der Waals surface area contributed by atoms with Crippen molar-refractivity contribution in [3.05, 3.63) is 0 Å². The molecule has 0 spiro atoms. The van der Waals surface area contributed by atoms with E-state index in [9.17, 15) is 0 Å². The van der Waals surface area contributed by atoms with E-state index in [1.165, 1.54) is 96.3 Å². The molecule has 0 heterocycles. The van der Waals surface area contributed by atoms with E-state index in [1.54, 1.807) is 0 Å². The van der Waals surface area contributed by atoms with Crippen LogP contribution in [0.2, 0.25) is 0 Å². The maximum atomic E-state index is 2.36. The second-order valence-corrected chi connectivity index (χ2v) is 8.19. The molecule has 27 heavy (non-hydrogen) atoms. The summed E-state index contributed by atoms with van der Waals surface area (Å²) >= 11 is 0. The summed E-state index contributed by atoms with van der Waals surface area (Å²) in [5, 5.41) is 7.08. The summed E-state index contributed by atoms with van der Waals surface area (Å²) < 4.78 is 0. The van der Waals surface area contributed by atoms with E-state index < -0.39 is 0 Å². The van der Waals surface area contributed by atoms with Crippen molar-refractivity contribution in [1.29, 1.82) is 0 Å². The smallest absolute Gasteiger partial charge is 0.0857 e. The van der Waals surface area contributed by atoms with Gasteiger partial charge < -0.3 is 87.9 Å². The van der Waals surface area contributed by atoms with Crippen LogP contribution in [0.15, 0.2) is 0 Å². The molecule has 6 heteroatoms. The lowest BCUT2D eigenvalue weighted by Crippen LogP contribution is -3.00. The summed E-state index contributed by atoms with van der Waals surface area (Å²) in [6, 6.07) is 2.89. The molecular formula is C21H48I3N3. The van der Waals surface area contributed by atoms with Crippen LogP contribution in [-0.4, -0.2) is 39.3 Å². The van der Waals surface area contributed by atoms with Crippen molar-refractivity contribution in [3.8, 4) is 0 Å². The van der Waals surface area contributed by atoms with E-state index >= 15 is 0 Å². The Morgan fingerprint density at radius 1 is 0.370 bits per heavy atom. The van der Waals surface area contributed by atoms with Gasteiger partial charge in [-0.2, -0.15) is 0 Å². The van der Waals surface area contributed by atoms with Gasteiger partial charge in [0.1, 0.15) is 0 Å². The van der Waals surface area contributed by atoms with Gasteiger partial charge in [0.2, 0.25) is 0 Å². The Bertz CT molecular complexity index is 223. The van der Waals surface area contributed by atoms with Crippen molar-refractivity contribution >= 4 is 0 Å². The molecule has 6 N–H and O–H groups in total. The summed E-state index contributed by atoms with van der Waals surface area (Å²) in [5.41, 5.74) is 0. The van der Waals surface area contributed by atoms with Gasteiger partial charge in [-0.05, 0) is 77.0 Å². The van der Waals surface area contributed by atoms with Crippen LogP contribution in [0, 0.1) is 0 Å². The quantitative estimate of drug-likeness (QED) is 0.243.